The molecule has 0 aliphatic rings. The molecule has 0 radical (unpaired) electrons. The molecule has 9 nitrogen and oxygen atoms in total. The Hall–Kier alpha value is -3.24. The van der Waals surface area contributed by atoms with Crippen LogP contribution in [0.3, 0.4) is 0 Å². The van der Waals surface area contributed by atoms with Crippen molar-refractivity contribution >= 4 is 38.3 Å². The van der Waals surface area contributed by atoms with Gasteiger partial charge in [0, 0.05) is 23.3 Å². The van der Waals surface area contributed by atoms with Gasteiger partial charge >= 0.3 is 0 Å². The van der Waals surface area contributed by atoms with Gasteiger partial charge in [-0.15, -0.1) is 0 Å². The first-order chi connectivity index (χ1) is 13.7. The van der Waals surface area contributed by atoms with Crippen LogP contribution in [0.2, 0.25) is 5.02 Å². The third-order valence-corrected chi connectivity index (χ3v) is 4.86. The highest BCUT2D eigenvalue weighted by Crippen LogP contribution is 2.34. The molecule has 1 aromatic carbocycles. The monoisotopic (exact) mass is 430 g/mol. The Morgan fingerprint density at radius 3 is 2.69 bits per heavy atom. The average Bonchev–Trinajstić information content (AvgIpc) is 3.08. The molecule has 4 aromatic rings. The summed E-state index contributed by atoms with van der Waals surface area (Å²) in [5.74, 6) is -0.644. The first kappa shape index (κ1) is 19.1. The van der Waals surface area contributed by atoms with Crippen molar-refractivity contribution in [2.75, 3.05) is 11.0 Å². The molecule has 0 aliphatic carbocycles. The molecule has 2 N–H and O–H groups in total. The van der Waals surface area contributed by atoms with Crippen LogP contribution in [-0.2, 0) is 10.0 Å². The molecule has 0 saturated carbocycles. The Labute approximate surface area is 171 Å². The summed E-state index contributed by atoms with van der Waals surface area (Å²) in [6.45, 7) is 1.80. The van der Waals surface area contributed by atoms with Gasteiger partial charge in [0.15, 0.2) is 5.82 Å². The third kappa shape index (κ3) is 3.84. The largest absolute Gasteiger partial charge is 0.491 e. The van der Waals surface area contributed by atoms with Crippen molar-refractivity contribution in [3.05, 3.63) is 53.4 Å². The number of pyridine rings is 1. The number of rotatable bonds is 4. The van der Waals surface area contributed by atoms with Crippen LogP contribution in [0.25, 0.3) is 28.0 Å². The number of aromatic nitrogens is 5. The van der Waals surface area contributed by atoms with Crippen molar-refractivity contribution in [1.82, 2.24) is 24.7 Å². The summed E-state index contributed by atoms with van der Waals surface area (Å²) in [6.07, 6.45) is 4.26. The van der Waals surface area contributed by atoms with Crippen molar-refractivity contribution < 1.29 is 13.5 Å². The van der Waals surface area contributed by atoms with E-state index >= 15 is 0 Å². The van der Waals surface area contributed by atoms with Gasteiger partial charge in [-0.2, -0.15) is 5.10 Å². The molecule has 3 heterocycles. The van der Waals surface area contributed by atoms with Crippen LogP contribution in [0.5, 0.6) is 5.88 Å². The summed E-state index contributed by atoms with van der Waals surface area (Å²) in [4.78, 5) is 12.7. The van der Waals surface area contributed by atoms with Crippen LogP contribution in [0.1, 0.15) is 5.69 Å². The second-order valence-corrected chi connectivity index (χ2v) is 8.53. The van der Waals surface area contributed by atoms with Gasteiger partial charge in [-0.1, -0.05) is 17.7 Å². The fraction of sp³-hybridized carbons (Fsp3) is 0.111. The first-order valence-corrected chi connectivity index (χ1v) is 10.6. The van der Waals surface area contributed by atoms with Crippen LogP contribution < -0.4 is 4.72 Å². The maximum atomic E-state index is 11.6. The summed E-state index contributed by atoms with van der Waals surface area (Å²) in [6, 6.07) is 8.86. The van der Waals surface area contributed by atoms with Crippen LogP contribution in [-0.4, -0.2) is 44.5 Å². The maximum Gasteiger partial charge on any atom is 0.256 e. The molecule has 3 aromatic heterocycles. The van der Waals surface area contributed by atoms with Gasteiger partial charge in [-0.25, -0.2) is 23.1 Å². The van der Waals surface area contributed by atoms with Crippen LogP contribution in [0.15, 0.2) is 42.7 Å². The van der Waals surface area contributed by atoms with Gasteiger partial charge < -0.3 is 5.11 Å². The number of halogens is 1. The molecule has 0 bridgehead atoms. The lowest BCUT2D eigenvalue weighted by Crippen LogP contribution is -2.14. The number of aryl methyl sites for hydroxylation is 1. The number of nitrogens with one attached hydrogen (secondary N) is 1. The highest BCUT2D eigenvalue weighted by atomic mass is 35.5. The third-order valence-electron chi connectivity index (χ3n) is 4.01. The second-order valence-electron chi connectivity index (χ2n) is 6.38. The molecule has 4 rings (SSSR count). The zero-order valence-corrected chi connectivity index (χ0v) is 16.9. The highest BCUT2D eigenvalue weighted by molar-refractivity contribution is 7.92. The van der Waals surface area contributed by atoms with Crippen molar-refractivity contribution in [2.45, 2.75) is 6.92 Å². The van der Waals surface area contributed by atoms with Gasteiger partial charge in [0.2, 0.25) is 15.8 Å². The smallest absolute Gasteiger partial charge is 0.256 e. The normalized spacial score (nSPS) is 11.7. The van der Waals surface area contributed by atoms with Crippen LogP contribution in [0, 0.1) is 6.92 Å². The number of sulfonamides is 1. The summed E-state index contributed by atoms with van der Waals surface area (Å²) < 4.78 is 26.8. The van der Waals surface area contributed by atoms with Crippen molar-refractivity contribution in [3.63, 3.8) is 0 Å². The summed E-state index contributed by atoms with van der Waals surface area (Å²) in [5.41, 5.74) is 2.19. The number of hydrogen-bond donors (Lipinski definition) is 2. The molecular formula is C18H15ClN6O3S. The number of hydrogen-bond acceptors (Lipinski definition) is 7. The number of aromatic hydroxyl groups is 1. The molecular weight excluding hydrogens is 416 g/mol. The van der Waals surface area contributed by atoms with E-state index in [-0.39, 0.29) is 17.3 Å². The van der Waals surface area contributed by atoms with Gasteiger partial charge in [0.05, 0.1) is 22.5 Å². The van der Waals surface area contributed by atoms with Crippen molar-refractivity contribution in [3.8, 4) is 23.0 Å². The molecule has 0 unspecified atom stereocenters. The summed E-state index contributed by atoms with van der Waals surface area (Å²) in [5, 5.41) is 15.8. The van der Waals surface area contributed by atoms with E-state index in [0.29, 0.717) is 16.1 Å². The fourth-order valence-corrected chi connectivity index (χ4v) is 3.60. The Bertz CT molecular complexity index is 1350. The maximum absolute atomic E-state index is 11.6. The molecule has 0 saturated heterocycles. The predicted molar refractivity (Wildman–Crippen MR) is 110 cm³/mol. The minimum atomic E-state index is -3.68. The van der Waals surface area contributed by atoms with Gasteiger partial charge in [-0.3, -0.25) is 9.71 Å². The van der Waals surface area contributed by atoms with Gasteiger partial charge in [-0.05, 0) is 31.2 Å². The lowest BCUT2D eigenvalue weighted by molar-refractivity contribution is 0.454. The zero-order valence-electron chi connectivity index (χ0n) is 15.3. The van der Waals surface area contributed by atoms with E-state index in [2.05, 4.69) is 24.8 Å². The Kier molecular flexibility index (Phi) is 4.59. The molecule has 29 heavy (non-hydrogen) atoms. The molecule has 0 atom stereocenters. The fourth-order valence-electron chi connectivity index (χ4n) is 2.83. The SMILES string of the molecule is Cc1ccn(-c2nc(NS(C)(=O)=O)c(O)nc2-c2cc(Cl)c3ncccc3c2)n1. The first-order valence-electron chi connectivity index (χ1n) is 8.37. The summed E-state index contributed by atoms with van der Waals surface area (Å²) >= 11 is 6.39. The Morgan fingerprint density at radius 1 is 1.21 bits per heavy atom. The Morgan fingerprint density at radius 2 is 2.00 bits per heavy atom. The van der Waals surface area contributed by atoms with E-state index < -0.39 is 15.9 Å². The molecule has 148 valence electrons. The average molecular weight is 431 g/mol. The standard InChI is InChI=1S/C18H15ClN6O3S/c1-10-5-7-25(23-10)17-15(21-18(26)16(22-17)24-29(2,27)28)12-8-11-4-3-6-20-14(11)13(19)9-12/h3-9H,1-2H3,(H,21,26)(H,22,24). The van der Waals surface area contributed by atoms with E-state index in [1.807, 2.05) is 6.07 Å². The van der Waals surface area contributed by atoms with E-state index in [4.69, 9.17) is 11.6 Å². The number of fused-ring (bicyclic) bond motifs is 1. The number of anilines is 1. The quantitative estimate of drug-likeness (QED) is 0.510. The van der Waals surface area contributed by atoms with Crippen molar-refractivity contribution in [2.24, 2.45) is 0 Å². The van der Waals surface area contributed by atoms with Gasteiger partial charge in [0.1, 0.15) is 5.69 Å². The second kappa shape index (κ2) is 6.98. The van der Waals surface area contributed by atoms with E-state index in [0.717, 1.165) is 17.3 Å². The highest BCUT2D eigenvalue weighted by Gasteiger charge is 2.20. The zero-order chi connectivity index (χ0) is 20.8. The lowest BCUT2D eigenvalue weighted by atomic mass is 10.1. The number of benzene rings is 1. The molecule has 0 spiro atoms. The number of nitrogens with zero attached hydrogens (tertiary/aromatic N) is 5. The molecule has 0 amide bonds. The van der Waals surface area contributed by atoms with Crippen LogP contribution >= 0.6 is 11.6 Å². The molecule has 0 aliphatic heterocycles. The topological polar surface area (TPSA) is 123 Å². The van der Waals surface area contributed by atoms with E-state index in [1.165, 1.54) is 4.68 Å². The summed E-state index contributed by atoms with van der Waals surface area (Å²) in [7, 11) is -3.68. The van der Waals surface area contributed by atoms with E-state index in [9.17, 15) is 13.5 Å². The molecule has 0 fully saturated rings. The van der Waals surface area contributed by atoms with Crippen molar-refractivity contribution in [1.29, 1.82) is 0 Å². The minimum absolute atomic E-state index is 0.223. The van der Waals surface area contributed by atoms with Crippen LogP contribution in [0.4, 0.5) is 5.82 Å². The van der Waals surface area contributed by atoms with Gasteiger partial charge in [0.25, 0.3) is 5.88 Å². The Balaban J connectivity index is 1.98. The molecule has 11 heteroatoms. The minimum Gasteiger partial charge on any atom is -0.491 e. The lowest BCUT2D eigenvalue weighted by Gasteiger charge is -2.13. The van der Waals surface area contributed by atoms with E-state index in [1.54, 1.807) is 43.6 Å². The predicted octanol–water partition coefficient (Wildman–Crippen LogP) is 2.92.